The van der Waals surface area contributed by atoms with Gasteiger partial charge in [-0.3, -0.25) is 0 Å². The molecule has 0 saturated heterocycles. The van der Waals surface area contributed by atoms with Crippen molar-refractivity contribution in [2.45, 2.75) is 25.5 Å². The topological polar surface area (TPSA) is 72.0 Å². The minimum absolute atomic E-state index is 0.0519. The monoisotopic (exact) mass is 235 g/mol. The number of hydrogen-bond donors (Lipinski definition) is 2. The molecule has 0 fully saturated rings. The van der Waals surface area contributed by atoms with Crippen LogP contribution in [0.3, 0.4) is 0 Å². The van der Waals surface area contributed by atoms with Crippen molar-refractivity contribution in [3.8, 4) is 0 Å². The van der Waals surface area contributed by atoms with Crippen molar-refractivity contribution in [1.29, 1.82) is 0 Å². The number of halogens is 2. The summed E-state index contributed by atoms with van der Waals surface area (Å²) in [6.07, 6.45) is 1.17. The largest absolute Gasteiger partial charge is 0.387 e. The molecule has 1 aromatic rings. The molecule has 0 bridgehead atoms. The summed E-state index contributed by atoms with van der Waals surface area (Å²) in [5.41, 5.74) is 6.07. The van der Waals surface area contributed by atoms with Crippen LogP contribution < -0.4 is 5.73 Å². The van der Waals surface area contributed by atoms with Crippen molar-refractivity contribution in [3.05, 3.63) is 22.2 Å². The second kappa shape index (κ2) is 4.89. The number of rotatable bonds is 3. The van der Waals surface area contributed by atoms with E-state index in [-0.39, 0.29) is 16.5 Å². The average Bonchev–Trinajstić information content (AvgIpc) is 2.15. The predicted octanol–water partition coefficient (Wildman–Crippen LogP) is 1.55. The Morgan fingerprint density at radius 3 is 2.71 bits per heavy atom. The summed E-state index contributed by atoms with van der Waals surface area (Å²) < 4.78 is 0. The van der Waals surface area contributed by atoms with Crippen LogP contribution in [0.2, 0.25) is 10.4 Å². The Morgan fingerprint density at radius 2 is 2.21 bits per heavy atom. The molecule has 0 aliphatic heterocycles. The van der Waals surface area contributed by atoms with Crippen LogP contribution in [0.15, 0.2) is 6.20 Å². The highest BCUT2D eigenvalue weighted by Gasteiger charge is 2.19. The first-order chi connectivity index (χ1) is 6.56. The summed E-state index contributed by atoms with van der Waals surface area (Å²) in [7, 11) is 0. The number of nitrogens with zero attached hydrogens (tertiary/aromatic N) is 2. The number of aliphatic hydroxyl groups excluding tert-OH is 1. The van der Waals surface area contributed by atoms with Crippen LogP contribution in [-0.4, -0.2) is 21.1 Å². The van der Waals surface area contributed by atoms with E-state index in [9.17, 15) is 5.11 Å². The van der Waals surface area contributed by atoms with Gasteiger partial charge in [0.2, 0.25) is 5.28 Å². The van der Waals surface area contributed by atoms with Gasteiger partial charge < -0.3 is 10.8 Å². The molecule has 0 aliphatic rings. The molecule has 0 aliphatic carbocycles. The van der Waals surface area contributed by atoms with Gasteiger partial charge in [-0.2, -0.15) is 0 Å². The SMILES string of the molecule is CC[C@@H](N)[C@H](O)c1cnc(Cl)nc1Cl. The molecule has 3 N–H and O–H groups in total. The molecule has 6 heteroatoms. The summed E-state index contributed by atoms with van der Waals surface area (Å²) in [5.74, 6) is 0. The molecule has 4 nitrogen and oxygen atoms in total. The van der Waals surface area contributed by atoms with Crippen molar-refractivity contribution in [2.75, 3.05) is 0 Å². The molecule has 1 aromatic heterocycles. The van der Waals surface area contributed by atoms with Crippen LogP contribution in [0.1, 0.15) is 25.0 Å². The Kier molecular flexibility index (Phi) is 4.07. The molecule has 0 unspecified atom stereocenters. The van der Waals surface area contributed by atoms with E-state index in [1.807, 2.05) is 6.92 Å². The Balaban J connectivity index is 2.95. The van der Waals surface area contributed by atoms with Crippen LogP contribution >= 0.6 is 23.2 Å². The molecule has 1 rings (SSSR count). The van der Waals surface area contributed by atoms with Crippen LogP contribution in [0.25, 0.3) is 0 Å². The molecule has 0 radical (unpaired) electrons. The molecule has 78 valence electrons. The van der Waals surface area contributed by atoms with Crippen molar-refractivity contribution < 1.29 is 5.11 Å². The molecule has 0 spiro atoms. The van der Waals surface area contributed by atoms with Crippen LogP contribution in [0.4, 0.5) is 0 Å². The third-order valence-corrected chi connectivity index (χ3v) is 2.42. The highest BCUT2D eigenvalue weighted by Crippen LogP contribution is 2.24. The van der Waals surface area contributed by atoms with Gasteiger partial charge in [0.15, 0.2) is 0 Å². The second-order valence-corrected chi connectivity index (χ2v) is 3.60. The molecule has 14 heavy (non-hydrogen) atoms. The van der Waals surface area contributed by atoms with Gasteiger partial charge in [-0.25, -0.2) is 9.97 Å². The van der Waals surface area contributed by atoms with Crippen molar-refractivity contribution in [1.82, 2.24) is 9.97 Å². The second-order valence-electron chi connectivity index (χ2n) is 2.90. The normalized spacial score (nSPS) is 15.2. The lowest BCUT2D eigenvalue weighted by Gasteiger charge is -2.17. The van der Waals surface area contributed by atoms with Gasteiger partial charge in [-0.1, -0.05) is 18.5 Å². The van der Waals surface area contributed by atoms with E-state index in [2.05, 4.69) is 9.97 Å². The zero-order chi connectivity index (χ0) is 10.7. The number of nitrogens with two attached hydrogens (primary N) is 1. The lowest BCUT2D eigenvalue weighted by molar-refractivity contribution is 0.144. The van der Waals surface area contributed by atoms with Gasteiger partial charge in [0.25, 0.3) is 0 Å². The Morgan fingerprint density at radius 1 is 1.57 bits per heavy atom. The van der Waals surface area contributed by atoms with Gasteiger partial charge in [-0.15, -0.1) is 0 Å². The smallest absolute Gasteiger partial charge is 0.223 e. The summed E-state index contributed by atoms with van der Waals surface area (Å²) in [6, 6.07) is -0.378. The number of hydrogen-bond acceptors (Lipinski definition) is 4. The van der Waals surface area contributed by atoms with Gasteiger partial charge in [0.1, 0.15) is 5.15 Å². The Bertz CT molecular complexity index is 321. The van der Waals surface area contributed by atoms with E-state index in [1.165, 1.54) is 6.20 Å². The standard InChI is InChI=1S/C8H11Cl2N3O/c1-2-5(11)6(14)4-3-12-8(10)13-7(4)9/h3,5-6,14H,2,11H2,1H3/t5-,6-/m1/s1. The molecule has 0 aromatic carbocycles. The fourth-order valence-electron chi connectivity index (χ4n) is 1.00. The Labute approximate surface area is 92.1 Å². The van der Waals surface area contributed by atoms with Crippen LogP contribution in [-0.2, 0) is 0 Å². The maximum Gasteiger partial charge on any atom is 0.223 e. The molecule has 0 amide bonds. The van der Waals surface area contributed by atoms with E-state index >= 15 is 0 Å². The summed E-state index contributed by atoms with van der Waals surface area (Å²) in [6.45, 7) is 1.87. The molecular weight excluding hydrogens is 225 g/mol. The first kappa shape index (κ1) is 11.7. The maximum absolute atomic E-state index is 9.73. The van der Waals surface area contributed by atoms with Crippen molar-refractivity contribution in [2.24, 2.45) is 5.73 Å². The highest BCUT2D eigenvalue weighted by atomic mass is 35.5. The quantitative estimate of drug-likeness (QED) is 0.617. The van der Waals surface area contributed by atoms with Gasteiger partial charge >= 0.3 is 0 Å². The molecule has 0 saturated carbocycles. The number of aromatic nitrogens is 2. The highest BCUT2D eigenvalue weighted by molar-refractivity contribution is 6.32. The molecule has 1 heterocycles. The first-order valence-electron chi connectivity index (χ1n) is 4.17. The fraction of sp³-hybridized carbons (Fsp3) is 0.500. The zero-order valence-corrected chi connectivity index (χ0v) is 9.13. The lowest BCUT2D eigenvalue weighted by atomic mass is 10.0. The number of aliphatic hydroxyl groups is 1. The predicted molar refractivity (Wildman–Crippen MR) is 55.3 cm³/mol. The summed E-state index contributed by atoms with van der Waals surface area (Å²) in [4.78, 5) is 7.45. The maximum atomic E-state index is 9.73. The van der Waals surface area contributed by atoms with Crippen molar-refractivity contribution in [3.63, 3.8) is 0 Å². The van der Waals surface area contributed by atoms with E-state index in [1.54, 1.807) is 0 Å². The Hall–Kier alpha value is -0.420. The summed E-state index contributed by atoms with van der Waals surface area (Å²) >= 11 is 11.3. The average molecular weight is 236 g/mol. The van der Waals surface area contributed by atoms with Gasteiger partial charge in [0.05, 0.1) is 6.10 Å². The van der Waals surface area contributed by atoms with Gasteiger partial charge in [0, 0.05) is 17.8 Å². The molecular formula is C8H11Cl2N3O. The molecule has 2 atom stereocenters. The van der Waals surface area contributed by atoms with E-state index < -0.39 is 6.10 Å². The summed E-state index contributed by atoms with van der Waals surface area (Å²) in [5, 5.41) is 9.92. The third-order valence-electron chi connectivity index (χ3n) is 1.93. The van der Waals surface area contributed by atoms with E-state index in [4.69, 9.17) is 28.9 Å². The van der Waals surface area contributed by atoms with Crippen molar-refractivity contribution >= 4 is 23.2 Å². The van der Waals surface area contributed by atoms with Gasteiger partial charge in [-0.05, 0) is 18.0 Å². The van der Waals surface area contributed by atoms with E-state index in [0.717, 1.165) is 0 Å². The first-order valence-corrected chi connectivity index (χ1v) is 4.93. The lowest BCUT2D eigenvalue weighted by Crippen LogP contribution is -2.27. The van der Waals surface area contributed by atoms with Crippen LogP contribution in [0, 0.1) is 0 Å². The fourth-order valence-corrected chi connectivity index (χ4v) is 1.42. The minimum atomic E-state index is -0.857. The van der Waals surface area contributed by atoms with E-state index in [0.29, 0.717) is 12.0 Å². The minimum Gasteiger partial charge on any atom is -0.387 e. The third kappa shape index (κ3) is 2.54. The zero-order valence-electron chi connectivity index (χ0n) is 7.61. The van der Waals surface area contributed by atoms with Crippen LogP contribution in [0.5, 0.6) is 0 Å².